The van der Waals surface area contributed by atoms with E-state index in [2.05, 4.69) is 5.32 Å². The number of para-hydroxylation sites is 1. The van der Waals surface area contributed by atoms with Crippen LogP contribution in [0.15, 0.2) is 24.3 Å². The summed E-state index contributed by atoms with van der Waals surface area (Å²) in [5.74, 6) is -0.933. The monoisotopic (exact) mass is 306 g/mol. The van der Waals surface area contributed by atoms with Crippen molar-refractivity contribution in [2.24, 2.45) is 0 Å². The third-order valence-electron chi connectivity index (χ3n) is 4.11. The van der Waals surface area contributed by atoms with Gasteiger partial charge in [-0.15, -0.1) is 0 Å². The molecule has 1 heterocycles. The molecular weight excluding hydrogens is 288 g/mol. The van der Waals surface area contributed by atoms with E-state index >= 15 is 0 Å². The van der Waals surface area contributed by atoms with Crippen LogP contribution in [0.5, 0.6) is 0 Å². The van der Waals surface area contributed by atoms with Gasteiger partial charge in [-0.25, -0.2) is 0 Å². The molecule has 2 aliphatic rings. The highest BCUT2D eigenvalue weighted by Gasteiger charge is 2.43. The maximum absolute atomic E-state index is 12.1. The average Bonchev–Trinajstić information content (AvgIpc) is 3.15. The Morgan fingerprint density at radius 3 is 2.82 bits per heavy atom. The van der Waals surface area contributed by atoms with Gasteiger partial charge in [0.2, 0.25) is 0 Å². The number of carbonyl (C=O) groups is 1. The van der Waals surface area contributed by atoms with E-state index in [1.54, 1.807) is 6.07 Å². The highest BCUT2D eigenvalue weighted by Crippen LogP contribution is 2.39. The Labute approximate surface area is 127 Å². The Bertz CT molecular complexity index is 583. The van der Waals surface area contributed by atoms with E-state index in [0.29, 0.717) is 6.61 Å². The van der Waals surface area contributed by atoms with Crippen molar-refractivity contribution in [1.29, 1.82) is 0 Å². The van der Waals surface area contributed by atoms with Crippen LogP contribution in [0.25, 0.3) is 0 Å². The van der Waals surface area contributed by atoms with E-state index in [0.717, 1.165) is 25.7 Å². The van der Waals surface area contributed by atoms with Crippen LogP contribution in [0.3, 0.4) is 0 Å². The number of benzene rings is 1. The predicted octanol–water partition coefficient (Wildman–Crippen LogP) is 2.01. The fourth-order valence-corrected chi connectivity index (χ4v) is 3.02. The molecule has 2 fully saturated rings. The second kappa shape index (κ2) is 6.02. The van der Waals surface area contributed by atoms with Gasteiger partial charge < -0.3 is 14.8 Å². The smallest absolute Gasteiger partial charge is 0.282 e. The van der Waals surface area contributed by atoms with E-state index in [1.165, 1.54) is 18.2 Å². The van der Waals surface area contributed by atoms with E-state index in [-0.39, 0.29) is 23.9 Å². The number of nitrogens with one attached hydrogen (secondary N) is 1. The first-order chi connectivity index (χ1) is 10.6. The molecule has 0 radical (unpaired) electrons. The molecule has 22 heavy (non-hydrogen) atoms. The van der Waals surface area contributed by atoms with Crippen LogP contribution >= 0.6 is 0 Å². The summed E-state index contributed by atoms with van der Waals surface area (Å²) in [5, 5.41) is 13.6. The van der Waals surface area contributed by atoms with Gasteiger partial charge in [0.1, 0.15) is 11.7 Å². The lowest BCUT2D eigenvalue weighted by Gasteiger charge is -2.21. The van der Waals surface area contributed by atoms with Crippen LogP contribution in [0.1, 0.15) is 36.0 Å². The minimum Gasteiger partial charge on any atom is -0.349 e. The Balaban J connectivity index is 1.58. The number of nitrogens with zero attached hydrogens (tertiary/aromatic N) is 1. The van der Waals surface area contributed by atoms with Gasteiger partial charge in [-0.1, -0.05) is 12.1 Å². The van der Waals surface area contributed by atoms with Crippen molar-refractivity contribution in [3.63, 3.8) is 0 Å². The second-order valence-corrected chi connectivity index (χ2v) is 5.65. The van der Waals surface area contributed by atoms with Crippen molar-refractivity contribution in [1.82, 2.24) is 5.32 Å². The summed E-state index contributed by atoms with van der Waals surface area (Å²) in [4.78, 5) is 22.5. The normalized spacial score (nSPS) is 22.8. The lowest BCUT2D eigenvalue weighted by atomic mass is 10.1. The standard InChI is InChI=1S/C15H18N2O5/c18-14(12-5-1-2-6-13(12)17(19)20)16-9-11-10-21-15(22-11)7-3-4-8-15/h1-2,5-6,11H,3-4,7-10H2,(H,16,18)/t11-/m0/s1. The molecule has 1 saturated carbocycles. The Morgan fingerprint density at radius 1 is 1.36 bits per heavy atom. The third-order valence-corrected chi connectivity index (χ3v) is 4.11. The molecule has 3 rings (SSSR count). The van der Waals surface area contributed by atoms with Crippen molar-refractivity contribution < 1.29 is 19.2 Å². The van der Waals surface area contributed by atoms with Crippen LogP contribution in [-0.2, 0) is 9.47 Å². The number of amides is 1. The molecule has 1 N–H and O–H groups in total. The van der Waals surface area contributed by atoms with E-state index in [1.807, 2.05) is 0 Å². The first-order valence-corrected chi connectivity index (χ1v) is 7.43. The van der Waals surface area contributed by atoms with Crippen LogP contribution in [-0.4, -0.2) is 35.9 Å². The zero-order valence-corrected chi connectivity index (χ0v) is 12.1. The third kappa shape index (κ3) is 2.95. The van der Waals surface area contributed by atoms with Gasteiger partial charge >= 0.3 is 0 Å². The number of carbonyl (C=O) groups excluding carboxylic acids is 1. The number of nitro groups is 1. The van der Waals surface area contributed by atoms with Crippen LogP contribution < -0.4 is 5.32 Å². The molecule has 7 heteroatoms. The highest BCUT2D eigenvalue weighted by molar-refractivity contribution is 5.98. The predicted molar refractivity (Wildman–Crippen MR) is 77.5 cm³/mol. The van der Waals surface area contributed by atoms with Crippen molar-refractivity contribution in [3.05, 3.63) is 39.9 Å². The summed E-state index contributed by atoms with van der Waals surface area (Å²) in [6, 6.07) is 5.90. The molecule has 1 saturated heterocycles. The summed E-state index contributed by atoms with van der Waals surface area (Å²) in [6.45, 7) is 0.726. The number of rotatable bonds is 4. The van der Waals surface area contributed by atoms with Gasteiger partial charge in [0, 0.05) is 25.5 Å². The summed E-state index contributed by atoms with van der Waals surface area (Å²) < 4.78 is 11.6. The first kappa shape index (κ1) is 14.9. The molecule has 7 nitrogen and oxygen atoms in total. The fourth-order valence-electron chi connectivity index (χ4n) is 3.02. The fraction of sp³-hybridized carbons (Fsp3) is 0.533. The van der Waals surface area contributed by atoms with E-state index in [4.69, 9.17) is 9.47 Å². The van der Waals surface area contributed by atoms with Crippen molar-refractivity contribution in [2.75, 3.05) is 13.2 Å². The average molecular weight is 306 g/mol. The molecule has 1 aromatic rings. The van der Waals surface area contributed by atoms with Crippen LogP contribution in [0.2, 0.25) is 0 Å². The Hall–Kier alpha value is -1.99. The zero-order valence-electron chi connectivity index (χ0n) is 12.1. The molecule has 0 unspecified atom stereocenters. The number of ether oxygens (including phenoxy) is 2. The molecule has 1 aliphatic carbocycles. The largest absolute Gasteiger partial charge is 0.349 e. The number of nitro benzene ring substituents is 1. The van der Waals surface area contributed by atoms with Crippen molar-refractivity contribution in [2.45, 2.75) is 37.6 Å². The molecule has 1 aliphatic heterocycles. The summed E-state index contributed by atoms with van der Waals surface area (Å²) in [7, 11) is 0. The Morgan fingerprint density at radius 2 is 2.09 bits per heavy atom. The SMILES string of the molecule is O=C(NC[C@H]1COC2(CCCC2)O1)c1ccccc1[N+](=O)[O-]. The molecule has 1 aromatic carbocycles. The highest BCUT2D eigenvalue weighted by atomic mass is 16.7. The maximum atomic E-state index is 12.1. The van der Waals surface area contributed by atoms with E-state index in [9.17, 15) is 14.9 Å². The molecule has 0 bridgehead atoms. The van der Waals surface area contributed by atoms with Gasteiger partial charge in [-0.2, -0.15) is 0 Å². The molecule has 1 amide bonds. The Kier molecular flexibility index (Phi) is 4.08. The van der Waals surface area contributed by atoms with Crippen molar-refractivity contribution >= 4 is 11.6 Å². The molecule has 1 spiro atoms. The van der Waals surface area contributed by atoms with Gasteiger partial charge in [-0.05, 0) is 18.9 Å². The van der Waals surface area contributed by atoms with E-state index < -0.39 is 16.6 Å². The number of hydrogen-bond acceptors (Lipinski definition) is 5. The van der Waals surface area contributed by atoms with Crippen molar-refractivity contribution in [3.8, 4) is 0 Å². The molecular formula is C15H18N2O5. The van der Waals surface area contributed by atoms with Gasteiger partial charge in [0.15, 0.2) is 5.79 Å². The summed E-state index contributed by atoms with van der Waals surface area (Å²) >= 11 is 0. The zero-order chi connectivity index (χ0) is 15.6. The van der Waals surface area contributed by atoms with Crippen LogP contribution in [0.4, 0.5) is 5.69 Å². The maximum Gasteiger partial charge on any atom is 0.282 e. The van der Waals surface area contributed by atoms with Gasteiger partial charge in [-0.3, -0.25) is 14.9 Å². The topological polar surface area (TPSA) is 90.7 Å². The lowest BCUT2D eigenvalue weighted by molar-refractivity contribution is -0.385. The minimum absolute atomic E-state index is 0.0574. The molecule has 0 aromatic heterocycles. The summed E-state index contributed by atoms with van der Waals surface area (Å²) in [6.07, 6.45) is 3.76. The quantitative estimate of drug-likeness (QED) is 0.678. The first-order valence-electron chi connectivity index (χ1n) is 7.43. The van der Waals surface area contributed by atoms with Gasteiger partial charge in [0.05, 0.1) is 11.5 Å². The summed E-state index contributed by atoms with van der Waals surface area (Å²) in [5.41, 5.74) is -0.141. The minimum atomic E-state index is -0.558. The molecule has 118 valence electrons. The molecule has 1 atom stereocenters. The van der Waals surface area contributed by atoms with Crippen LogP contribution in [0, 0.1) is 10.1 Å². The number of hydrogen-bond donors (Lipinski definition) is 1. The second-order valence-electron chi connectivity index (χ2n) is 5.65. The lowest BCUT2D eigenvalue weighted by Crippen LogP contribution is -2.35. The van der Waals surface area contributed by atoms with Gasteiger partial charge in [0.25, 0.3) is 11.6 Å².